The van der Waals surface area contributed by atoms with Crippen LogP contribution in [0.15, 0.2) is 0 Å². The third-order valence-electron chi connectivity index (χ3n) is 4.29. The van der Waals surface area contributed by atoms with Crippen LogP contribution in [0.25, 0.3) is 0 Å². The SMILES string of the molecule is O=C1CCCCC(=O)N1C1(C(=O)O)CCCCCC1. The second kappa shape index (κ2) is 5.72. The number of hydrogen-bond acceptors (Lipinski definition) is 3. The molecule has 2 aliphatic rings. The van der Waals surface area contributed by atoms with Gasteiger partial charge in [-0.1, -0.05) is 25.7 Å². The molecule has 1 saturated carbocycles. The van der Waals surface area contributed by atoms with Gasteiger partial charge in [0, 0.05) is 12.8 Å². The van der Waals surface area contributed by atoms with Gasteiger partial charge in [-0.05, 0) is 25.7 Å². The first kappa shape index (κ1) is 14.0. The third-order valence-corrected chi connectivity index (χ3v) is 4.29. The Morgan fingerprint density at radius 1 is 0.895 bits per heavy atom. The van der Waals surface area contributed by atoms with E-state index < -0.39 is 11.5 Å². The molecule has 1 aliphatic carbocycles. The molecular formula is C14H21NO4. The Hall–Kier alpha value is -1.39. The number of nitrogens with zero attached hydrogens (tertiary/aromatic N) is 1. The summed E-state index contributed by atoms with van der Waals surface area (Å²) in [6, 6.07) is 0. The number of carboxylic acid groups (broad SMARTS) is 1. The van der Waals surface area contributed by atoms with Gasteiger partial charge in [-0.25, -0.2) is 4.79 Å². The molecule has 1 aliphatic heterocycles. The number of amides is 2. The van der Waals surface area contributed by atoms with Crippen molar-refractivity contribution >= 4 is 17.8 Å². The highest BCUT2D eigenvalue weighted by atomic mass is 16.4. The smallest absolute Gasteiger partial charge is 0.330 e. The van der Waals surface area contributed by atoms with Crippen LogP contribution in [0.3, 0.4) is 0 Å². The Balaban J connectivity index is 2.37. The average molecular weight is 267 g/mol. The first-order valence-corrected chi connectivity index (χ1v) is 7.17. The minimum Gasteiger partial charge on any atom is -0.479 e. The van der Waals surface area contributed by atoms with Crippen LogP contribution in [0, 0.1) is 0 Å². The maximum absolute atomic E-state index is 12.2. The van der Waals surface area contributed by atoms with E-state index in [4.69, 9.17) is 0 Å². The quantitative estimate of drug-likeness (QED) is 0.614. The molecule has 5 heteroatoms. The normalized spacial score (nSPS) is 24.7. The summed E-state index contributed by atoms with van der Waals surface area (Å²) in [5, 5.41) is 9.65. The second-order valence-electron chi connectivity index (χ2n) is 5.58. The summed E-state index contributed by atoms with van der Waals surface area (Å²) < 4.78 is 0. The average Bonchev–Trinajstić information content (AvgIpc) is 2.69. The molecule has 0 radical (unpaired) electrons. The van der Waals surface area contributed by atoms with Crippen LogP contribution in [0.5, 0.6) is 0 Å². The third kappa shape index (κ3) is 2.65. The highest BCUT2D eigenvalue weighted by Gasteiger charge is 2.49. The molecule has 0 unspecified atom stereocenters. The van der Waals surface area contributed by atoms with Gasteiger partial charge in [0.1, 0.15) is 5.54 Å². The monoisotopic (exact) mass is 267 g/mol. The number of carboxylic acids is 1. The molecule has 2 rings (SSSR count). The lowest BCUT2D eigenvalue weighted by molar-refractivity contribution is -0.167. The molecule has 0 aromatic rings. The summed E-state index contributed by atoms with van der Waals surface area (Å²) in [5.74, 6) is -1.61. The van der Waals surface area contributed by atoms with E-state index >= 15 is 0 Å². The second-order valence-corrected chi connectivity index (χ2v) is 5.58. The Kier molecular flexibility index (Phi) is 4.22. The molecule has 2 fully saturated rings. The zero-order valence-corrected chi connectivity index (χ0v) is 11.2. The van der Waals surface area contributed by atoms with Gasteiger partial charge in [0.2, 0.25) is 11.8 Å². The molecule has 1 heterocycles. The molecule has 0 aromatic carbocycles. The van der Waals surface area contributed by atoms with Crippen molar-refractivity contribution in [3.05, 3.63) is 0 Å². The number of likely N-dealkylation sites (tertiary alicyclic amines) is 1. The van der Waals surface area contributed by atoms with Gasteiger partial charge in [0.15, 0.2) is 0 Å². The first-order valence-electron chi connectivity index (χ1n) is 7.17. The molecule has 19 heavy (non-hydrogen) atoms. The summed E-state index contributed by atoms with van der Waals surface area (Å²) in [4.78, 5) is 37.3. The van der Waals surface area contributed by atoms with Crippen molar-refractivity contribution in [3.63, 3.8) is 0 Å². The number of imide groups is 1. The molecule has 1 N–H and O–H groups in total. The molecule has 0 bridgehead atoms. The predicted molar refractivity (Wildman–Crippen MR) is 68.4 cm³/mol. The lowest BCUT2D eigenvalue weighted by Crippen LogP contribution is -2.58. The van der Waals surface area contributed by atoms with Crippen molar-refractivity contribution < 1.29 is 19.5 Å². The van der Waals surface area contributed by atoms with E-state index in [0.717, 1.165) is 30.6 Å². The Bertz CT molecular complexity index is 365. The van der Waals surface area contributed by atoms with Crippen LogP contribution in [-0.2, 0) is 14.4 Å². The van der Waals surface area contributed by atoms with Gasteiger partial charge in [0.25, 0.3) is 0 Å². The summed E-state index contributed by atoms with van der Waals surface area (Å²) >= 11 is 0. The molecule has 2 amide bonds. The van der Waals surface area contributed by atoms with Crippen LogP contribution in [0.1, 0.15) is 64.2 Å². The van der Waals surface area contributed by atoms with Gasteiger partial charge in [-0.15, -0.1) is 0 Å². The first-order chi connectivity index (χ1) is 9.08. The van der Waals surface area contributed by atoms with Crippen molar-refractivity contribution in [1.82, 2.24) is 4.90 Å². The number of rotatable bonds is 2. The number of hydrogen-bond donors (Lipinski definition) is 1. The molecule has 0 aromatic heterocycles. The van der Waals surface area contributed by atoms with Gasteiger partial charge in [-0.3, -0.25) is 14.5 Å². The predicted octanol–water partition coefficient (Wildman–Crippen LogP) is 2.09. The Morgan fingerprint density at radius 2 is 1.37 bits per heavy atom. The van der Waals surface area contributed by atoms with Crippen molar-refractivity contribution in [3.8, 4) is 0 Å². The standard InChI is InChI=1S/C14H21NO4/c16-11-7-3-4-8-12(17)15(11)14(13(18)19)9-5-1-2-6-10-14/h1-10H2,(H,18,19). The molecule has 1 saturated heterocycles. The van der Waals surface area contributed by atoms with Gasteiger partial charge >= 0.3 is 5.97 Å². The van der Waals surface area contributed by atoms with Gasteiger partial charge < -0.3 is 5.11 Å². The topological polar surface area (TPSA) is 74.7 Å². The van der Waals surface area contributed by atoms with Gasteiger partial charge in [-0.2, -0.15) is 0 Å². The Morgan fingerprint density at radius 3 is 1.79 bits per heavy atom. The number of carbonyl (C=O) groups is 3. The minimum absolute atomic E-state index is 0.292. The molecule has 0 spiro atoms. The number of aliphatic carboxylic acids is 1. The zero-order chi connectivity index (χ0) is 13.9. The zero-order valence-electron chi connectivity index (χ0n) is 11.2. The maximum Gasteiger partial charge on any atom is 0.330 e. The fourth-order valence-corrected chi connectivity index (χ4v) is 3.24. The largest absolute Gasteiger partial charge is 0.479 e. The van der Waals surface area contributed by atoms with E-state index in [0.29, 0.717) is 38.5 Å². The van der Waals surface area contributed by atoms with E-state index in [1.165, 1.54) is 0 Å². The van der Waals surface area contributed by atoms with Crippen molar-refractivity contribution in [2.75, 3.05) is 0 Å². The van der Waals surface area contributed by atoms with Crippen LogP contribution >= 0.6 is 0 Å². The van der Waals surface area contributed by atoms with Gasteiger partial charge in [0.05, 0.1) is 0 Å². The molecular weight excluding hydrogens is 246 g/mol. The van der Waals surface area contributed by atoms with Crippen LogP contribution in [-0.4, -0.2) is 33.3 Å². The summed E-state index contributed by atoms with van der Waals surface area (Å²) in [7, 11) is 0. The van der Waals surface area contributed by atoms with E-state index in [2.05, 4.69) is 0 Å². The number of carbonyl (C=O) groups excluding carboxylic acids is 2. The highest BCUT2D eigenvalue weighted by molar-refractivity contribution is 6.01. The van der Waals surface area contributed by atoms with Crippen LogP contribution in [0.4, 0.5) is 0 Å². The van der Waals surface area contributed by atoms with Crippen molar-refractivity contribution in [2.24, 2.45) is 0 Å². The fraction of sp³-hybridized carbons (Fsp3) is 0.786. The summed E-state index contributed by atoms with van der Waals surface area (Å²) in [5.41, 5.74) is -1.28. The van der Waals surface area contributed by atoms with Crippen LogP contribution < -0.4 is 0 Å². The van der Waals surface area contributed by atoms with Crippen LogP contribution in [0.2, 0.25) is 0 Å². The summed E-state index contributed by atoms with van der Waals surface area (Å²) in [6.45, 7) is 0. The minimum atomic E-state index is -1.28. The molecule has 5 nitrogen and oxygen atoms in total. The van der Waals surface area contributed by atoms with E-state index in [1.807, 2.05) is 0 Å². The lowest BCUT2D eigenvalue weighted by atomic mass is 9.87. The van der Waals surface area contributed by atoms with E-state index in [9.17, 15) is 19.5 Å². The maximum atomic E-state index is 12.2. The van der Waals surface area contributed by atoms with E-state index in [-0.39, 0.29) is 11.8 Å². The van der Waals surface area contributed by atoms with Crippen molar-refractivity contribution in [2.45, 2.75) is 69.7 Å². The van der Waals surface area contributed by atoms with E-state index in [1.54, 1.807) is 0 Å². The molecule has 106 valence electrons. The van der Waals surface area contributed by atoms with Crippen molar-refractivity contribution in [1.29, 1.82) is 0 Å². The highest BCUT2D eigenvalue weighted by Crippen LogP contribution is 2.35. The summed E-state index contributed by atoms with van der Waals surface area (Å²) in [6.07, 6.45) is 6.23. The fourth-order valence-electron chi connectivity index (χ4n) is 3.24. The lowest BCUT2D eigenvalue weighted by Gasteiger charge is -2.38. The molecule has 0 atom stereocenters. The Labute approximate surface area is 113 Å².